The van der Waals surface area contributed by atoms with Gasteiger partial charge in [-0.25, -0.2) is 4.79 Å². The third-order valence-electron chi connectivity index (χ3n) is 4.66. The van der Waals surface area contributed by atoms with E-state index in [4.69, 9.17) is 10.5 Å². The molecule has 0 radical (unpaired) electrons. The summed E-state index contributed by atoms with van der Waals surface area (Å²) in [6.45, 7) is 6.63. The second-order valence-corrected chi connectivity index (χ2v) is 7.37. The van der Waals surface area contributed by atoms with Gasteiger partial charge in [-0.1, -0.05) is 20.3 Å². The second kappa shape index (κ2) is 9.70. The van der Waals surface area contributed by atoms with Crippen LogP contribution in [0.1, 0.15) is 33.1 Å². The van der Waals surface area contributed by atoms with E-state index in [0.29, 0.717) is 6.54 Å². The van der Waals surface area contributed by atoms with Crippen LogP contribution >= 0.6 is 0 Å². The maximum Gasteiger partial charge on any atom is 0.330 e. The zero-order chi connectivity index (χ0) is 20.0. The number of methoxy groups -OCH3 is 1. The predicted molar refractivity (Wildman–Crippen MR) is 105 cm³/mol. The molecule has 2 heterocycles. The number of nitrogens with one attached hydrogen (secondary N) is 1. The Morgan fingerprint density at radius 3 is 2.52 bits per heavy atom. The van der Waals surface area contributed by atoms with E-state index in [2.05, 4.69) is 9.88 Å². The molecule has 0 spiro atoms. The monoisotopic (exact) mass is 381 g/mol. The summed E-state index contributed by atoms with van der Waals surface area (Å²) < 4.78 is 6.42. The Kier molecular flexibility index (Phi) is 7.61. The van der Waals surface area contributed by atoms with E-state index in [1.807, 2.05) is 13.8 Å². The minimum absolute atomic E-state index is 0.0144. The number of rotatable bonds is 8. The summed E-state index contributed by atoms with van der Waals surface area (Å²) in [5.41, 5.74) is 4.98. The molecule has 152 valence electrons. The lowest BCUT2D eigenvalue weighted by Crippen LogP contribution is -2.47. The molecule has 1 aromatic heterocycles. The van der Waals surface area contributed by atoms with Crippen molar-refractivity contribution in [2.75, 3.05) is 50.5 Å². The number of hydrogen-bond acceptors (Lipinski definition) is 6. The maximum atomic E-state index is 13.0. The minimum Gasteiger partial charge on any atom is -0.383 e. The van der Waals surface area contributed by atoms with Crippen LogP contribution in [0.3, 0.4) is 0 Å². The Balaban J connectivity index is 2.38. The SMILES string of the molecule is COCCN(C(=O)CN1CCCCC1)c1c(N)n(CC(C)C)c(=O)[nH]c1=O. The quantitative estimate of drug-likeness (QED) is 0.667. The number of carbonyl (C=O) groups excluding carboxylic acids is 1. The standard InChI is InChI=1S/C18H31N5O4/c1-13(2)11-23-16(19)15(17(25)20-18(23)26)22(9-10-27-3)14(24)12-21-7-5-4-6-8-21/h13H,4-12,19H2,1-3H3,(H,20,25,26). The van der Waals surface area contributed by atoms with Gasteiger partial charge in [-0.3, -0.25) is 24.0 Å². The number of nitrogens with zero attached hydrogens (tertiary/aromatic N) is 3. The van der Waals surface area contributed by atoms with Gasteiger partial charge < -0.3 is 15.4 Å². The van der Waals surface area contributed by atoms with Gasteiger partial charge in [0.2, 0.25) is 5.91 Å². The van der Waals surface area contributed by atoms with Gasteiger partial charge in [0.25, 0.3) is 5.56 Å². The molecule has 0 atom stereocenters. The first kappa shape index (κ1) is 21.2. The maximum absolute atomic E-state index is 13.0. The Morgan fingerprint density at radius 2 is 1.93 bits per heavy atom. The highest BCUT2D eigenvalue weighted by molar-refractivity contribution is 5.96. The number of ether oxygens (including phenoxy) is 1. The van der Waals surface area contributed by atoms with E-state index >= 15 is 0 Å². The summed E-state index contributed by atoms with van der Waals surface area (Å²) >= 11 is 0. The highest BCUT2D eigenvalue weighted by atomic mass is 16.5. The lowest BCUT2D eigenvalue weighted by Gasteiger charge is -2.30. The van der Waals surface area contributed by atoms with Gasteiger partial charge >= 0.3 is 5.69 Å². The fourth-order valence-electron chi connectivity index (χ4n) is 3.32. The number of aromatic nitrogens is 2. The Bertz CT molecular complexity index is 749. The molecule has 3 N–H and O–H groups in total. The third kappa shape index (κ3) is 5.43. The molecule has 0 aliphatic carbocycles. The predicted octanol–water partition coefficient (Wildman–Crippen LogP) is 0.240. The average molecular weight is 381 g/mol. The van der Waals surface area contributed by atoms with Gasteiger partial charge in [0, 0.05) is 20.2 Å². The molecule has 0 unspecified atom stereocenters. The summed E-state index contributed by atoms with van der Waals surface area (Å²) in [4.78, 5) is 43.4. The first-order valence-electron chi connectivity index (χ1n) is 9.49. The Morgan fingerprint density at radius 1 is 1.26 bits per heavy atom. The zero-order valence-corrected chi connectivity index (χ0v) is 16.5. The molecule has 1 aliphatic rings. The zero-order valence-electron chi connectivity index (χ0n) is 16.5. The normalized spacial score (nSPS) is 15.3. The van der Waals surface area contributed by atoms with Crippen LogP contribution in [0.4, 0.5) is 11.5 Å². The van der Waals surface area contributed by atoms with Crippen molar-refractivity contribution in [1.29, 1.82) is 0 Å². The van der Waals surface area contributed by atoms with Gasteiger partial charge in [0.1, 0.15) is 5.82 Å². The van der Waals surface area contributed by atoms with E-state index in [9.17, 15) is 14.4 Å². The van der Waals surface area contributed by atoms with Crippen molar-refractivity contribution >= 4 is 17.4 Å². The molecule has 27 heavy (non-hydrogen) atoms. The molecule has 1 aliphatic heterocycles. The number of nitrogens with two attached hydrogens (primary N) is 1. The largest absolute Gasteiger partial charge is 0.383 e. The number of hydrogen-bond donors (Lipinski definition) is 2. The van der Waals surface area contributed by atoms with Crippen LogP contribution in [0.25, 0.3) is 0 Å². The molecule has 1 amide bonds. The van der Waals surface area contributed by atoms with E-state index in [0.717, 1.165) is 25.9 Å². The van der Waals surface area contributed by atoms with Crippen molar-refractivity contribution in [3.63, 3.8) is 0 Å². The summed E-state index contributed by atoms with van der Waals surface area (Å²) in [6, 6.07) is 0. The van der Waals surface area contributed by atoms with Gasteiger partial charge in [0.15, 0.2) is 5.69 Å². The van der Waals surface area contributed by atoms with Crippen LogP contribution in [0, 0.1) is 5.92 Å². The fraction of sp³-hybridized carbons (Fsp3) is 0.722. The number of H-pyrrole nitrogens is 1. The van der Waals surface area contributed by atoms with E-state index < -0.39 is 11.2 Å². The number of anilines is 2. The molecule has 0 bridgehead atoms. The van der Waals surface area contributed by atoms with Crippen LogP contribution in [-0.4, -0.2) is 60.3 Å². The van der Waals surface area contributed by atoms with E-state index in [1.54, 1.807) is 0 Å². The molecule has 1 aromatic rings. The molecular formula is C18H31N5O4. The molecular weight excluding hydrogens is 350 g/mol. The third-order valence-corrected chi connectivity index (χ3v) is 4.66. The Hall–Kier alpha value is -2.13. The highest BCUT2D eigenvalue weighted by Gasteiger charge is 2.26. The van der Waals surface area contributed by atoms with Crippen molar-refractivity contribution in [2.24, 2.45) is 5.92 Å². The summed E-state index contributed by atoms with van der Waals surface area (Å²) in [5, 5.41) is 0. The molecule has 1 fully saturated rings. The van der Waals surface area contributed by atoms with Crippen molar-refractivity contribution in [2.45, 2.75) is 39.7 Å². The molecule has 9 nitrogen and oxygen atoms in total. The summed E-state index contributed by atoms with van der Waals surface area (Å²) in [5.74, 6) is -0.0540. The number of likely N-dealkylation sites (tertiary alicyclic amines) is 1. The van der Waals surface area contributed by atoms with Crippen LogP contribution < -0.4 is 21.9 Å². The first-order chi connectivity index (χ1) is 12.8. The smallest absolute Gasteiger partial charge is 0.330 e. The van der Waals surface area contributed by atoms with E-state index in [-0.39, 0.29) is 43.0 Å². The Labute approximate surface area is 159 Å². The fourth-order valence-corrected chi connectivity index (χ4v) is 3.32. The average Bonchev–Trinajstić information content (AvgIpc) is 2.61. The van der Waals surface area contributed by atoms with Crippen molar-refractivity contribution in [1.82, 2.24) is 14.5 Å². The lowest BCUT2D eigenvalue weighted by atomic mass is 10.1. The lowest BCUT2D eigenvalue weighted by molar-refractivity contribution is -0.120. The van der Waals surface area contributed by atoms with Gasteiger partial charge in [-0.2, -0.15) is 0 Å². The second-order valence-electron chi connectivity index (χ2n) is 7.37. The summed E-state index contributed by atoms with van der Waals surface area (Å²) in [6.07, 6.45) is 3.30. The number of aromatic amines is 1. The van der Waals surface area contributed by atoms with Gasteiger partial charge in [-0.15, -0.1) is 0 Å². The molecule has 1 saturated heterocycles. The number of piperidine rings is 1. The molecule has 2 rings (SSSR count). The molecule has 9 heteroatoms. The molecule has 0 aromatic carbocycles. The molecule has 0 saturated carbocycles. The van der Waals surface area contributed by atoms with Crippen molar-refractivity contribution in [3.8, 4) is 0 Å². The van der Waals surface area contributed by atoms with E-state index in [1.165, 1.54) is 23.0 Å². The van der Waals surface area contributed by atoms with Crippen LogP contribution in [-0.2, 0) is 16.1 Å². The number of amides is 1. The van der Waals surface area contributed by atoms with Crippen molar-refractivity contribution in [3.05, 3.63) is 20.8 Å². The van der Waals surface area contributed by atoms with Crippen LogP contribution in [0.15, 0.2) is 9.59 Å². The number of nitrogen functional groups attached to an aromatic ring is 1. The highest BCUT2D eigenvalue weighted by Crippen LogP contribution is 2.18. The van der Waals surface area contributed by atoms with Crippen molar-refractivity contribution < 1.29 is 9.53 Å². The van der Waals surface area contributed by atoms with Gasteiger partial charge in [0.05, 0.1) is 13.2 Å². The number of carbonyl (C=O) groups is 1. The van der Waals surface area contributed by atoms with Crippen LogP contribution in [0.5, 0.6) is 0 Å². The summed E-state index contributed by atoms with van der Waals surface area (Å²) in [7, 11) is 1.53. The van der Waals surface area contributed by atoms with Crippen LogP contribution in [0.2, 0.25) is 0 Å². The topological polar surface area (TPSA) is 114 Å². The van der Waals surface area contributed by atoms with Gasteiger partial charge in [-0.05, 0) is 31.8 Å². The minimum atomic E-state index is -0.652. The first-order valence-corrected chi connectivity index (χ1v) is 9.49.